The number of rotatable bonds is 7. The van der Waals surface area contributed by atoms with E-state index >= 15 is 0 Å². The number of nitrogens with zero attached hydrogens (tertiary/aromatic N) is 8. The van der Waals surface area contributed by atoms with Gasteiger partial charge in [0.1, 0.15) is 11.5 Å². The van der Waals surface area contributed by atoms with Crippen molar-refractivity contribution in [2.75, 3.05) is 32.5 Å². The van der Waals surface area contributed by atoms with E-state index in [1.54, 1.807) is 6.20 Å². The summed E-state index contributed by atoms with van der Waals surface area (Å²) in [4.78, 5) is 22.4. The fourth-order valence-electron chi connectivity index (χ4n) is 5.38. The highest BCUT2D eigenvalue weighted by molar-refractivity contribution is 5.83. The molecule has 1 atom stereocenters. The van der Waals surface area contributed by atoms with Gasteiger partial charge in [0.05, 0.1) is 11.9 Å². The maximum atomic E-state index is 14.9. The van der Waals surface area contributed by atoms with E-state index in [0.29, 0.717) is 23.1 Å². The fourth-order valence-corrected chi connectivity index (χ4v) is 5.38. The minimum Gasteiger partial charge on any atom is -0.309 e. The van der Waals surface area contributed by atoms with E-state index in [4.69, 9.17) is 0 Å². The first-order chi connectivity index (χ1) is 18.1. The molecule has 0 spiro atoms. The Morgan fingerprint density at radius 2 is 1.92 bits per heavy atom. The first-order valence-electron chi connectivity index (χ1n) is 13.1. The van der Waals surface area contributed by atoms with Gasteiger partial charge in [0.15, 0.2) is 11.5 Å². The molecule has 5 heterocycles. The normalized spacial score (nSPS) is 16.6. The lowest BCUT2D eigenvalue weighted by Gasteiger charge is -2.25. The van der Waals surface area contributed by atoms with E-state index in [1.807, 2.05) is 36.1 Å². The summed E-state index contributed by atoms with van der Waals surface area (Å²) in [6.07, 6.45) is 7.16. The van der Waals surface area contributed by atoms with E-state index in [0.717, 1.165) is 29.7 Å². The van der Waals surface area contributed by atoms with Gasteiger partial charge in [-0.1, -0.05) is 26.8 Å². The van der Waals surface area contributed by atoms with Crippen molar-refractivity contribution >= 4 is 22.8 Å². The van der Waals surface area contributed by atoms with E-state index in [2.05, 4.69) is 75.0 Å². The van der Waals surface area contributed by atoms with Gasteiger partial charge in [0.25, 0.3) is 0 Å². The SMILES string of the molecule is CN(Cc1ccc(Nc2ncc(F)c(-c3cnc4nn(C)c(C(C)(C)C)c4c3)n2)nc1)C[C@H]1CCCN1C. The number of halogens is 1. The maximum Gasteiger partial charge on any atom is 0.229 e. The highest BCUT2D eigenvalue weighted by Crippen LogP contribution is 2.32. The monoisotopic (exact) mass is 517 g/mol. The lowest BCUT2D eigenvalue weighted by molar-refractivity contribution is 0.215. The Hall–Kier alpha value is -3.50. The molecule has 4 aromatic rings. The molecular weight excluding hydrogens is 481 g/mol. The average molecular weight is 518 g/mol. The van der Waals surface area contributed by atoms with Crippen LogP contribution in [0.3, 0.4) is 0 Å². The molecule has 0 radical (unpaired) electrons. The lowest BCUT2D eigenvalue weighted by atomic mass is 9.89. The van der Waals surface area contributed by atoms with Crippen LogP contribution in [0.2, 0.25) is 0 Å². The van der Waals surface area contributed by atoms with Gasteiger partial charge < -0.3 is 15.1 Å². The van der Waals surface area contributed by atoms with Crippen molar-refractivity contribution in [2.24, 2.45) is 7.05 Å². The number of anilines is 2. The predicted octanol–water partition coefficient (Wildman–Crippen LogP) is 4.53. The van der Waals surface area contributed by atoms with Gasteiger partial charge >= 0.3 is 0 Å². The fraction of sp³-hybridized carbons (Fsp3) is 0.464. The van der Waals surface area contributed by atoms with Crippen molar-refractivity contribution in [1.82, 2.24) is 39.5 Å². The van der Waals surface area contributed by atoms with Crippen LogP contribution in [0, 0.1) is 5.82 Å². The molecule has 0 aromatic carbocycles. The summed E-state index contributed by atoms with van der Waals surface area (Å²) in [7, 11) is 6.25. The van der Waals surface area contributed by atoms with Crippen LogP contribution in [0.5, 0.6) is 0 Å². The first kappa shape index (κ1) is 26.1. The molecule has 10 heteroatoms. The van der Waals surface area contributed by atoms with Crippen molar-refractivity contribution in [3.8, 4) is 11.3 Å². The van der Waals surface area contributed by atoms with Gasteiger partial charge in [0, 0.05) is 54.9 Å². The third-order valence-electron chi connectivity index (χ3n) is 7.13. The van der Waals surface area contributed by atoms with Gasteiger partial charge in [-0.3, -0.25) is 4.68 Å². The van der Waals surface area contributed by atoms with E-state index < -0.39 is 5.82 Å². The zero-order valence-electron chi connectivity index (χ0n) is 23.0. The highest BCUT2D eigenvalue weighted by atomic mass is 19.1. The maximum absolute atomic E-state index is 14.9. The van der Waals surface area contributed by atoms with Crippen LogP contribution in [0.25, 0.3) is 22.3 Å². The molecule has 4 aromatic heterocycles. The second-order valence-corrected chi connectivity index (χ2v) is 11.4. The molecule has 38 heavy (non-hydrogen) atoms. The quantitative estimate of drug-likeness (QED) is 0.383. The Kier molecular flexibility index (Phi) is 7.11. The Labute approximate surface area is 223 Å². The van der Waals surface area contributed by atoms with Crippen molar-refractivity contribution in [3.63, 3.8) is 0 Å². The standard InChI is InChI=1S/C28H36FN9/c1-28(2,3)25-21-12-19(14-31-26(21)35-38(25)6)24-22(29)15-32-27(34-24)33-23-10-9-18(13-30-23)16-36(4)17-20-8-7-11-37(20)5/h9-10,12-15,20H,7-8,11,16-17H2,1-6H3,(H,30,32,33,34)/t20-/m1/s1. The Morgan fingerprint density at radius 1 is 1.11 bits per heavy atom. The van der Waals surface area contributed by atoms with Gasteiger partial charge in [-0.15, -0.1) is 0 Å². The molecule has 0 aliphatic carbocycles. The molecule has 0 bridgehead atoms. The first-order valence-corrected chi connectivity index (χ1v) is 13.1. The number of hydrogen-bond donors (Lipinski definition) is 1. The molecule has 1 aliphatic heterocycles. The van der Waals surface area contributed by atoms with Crippen molar-refractivity contribution in [2.45, 2.75) is 51.6 Å². The van der Waals surface area contributed by atoms with E-state index in [1.165, 1.54) is 25.6 Å². The Bertz CT molecular complexity index is 1430. The number of likely N-dealkylation sites (tertiary alicyclic amines) is 1. The molecule has 5 rings (SSSR count). The van der Waals surface area contributed by atoms with Gasteiger partial charge in [0.2, 0.25) is 5.95 Å². The number of likely N-dealkylation sites (N-methyl/N-ethyl adjacent to an activating group) is 2. The molecule has 1 N–H and O–H groups in total. The highest BCUT2D eigenvalue weighted by Gasteiger charge is 2.24. The number of aryl methyl sites for hydroxylation is 1. The van der Waals surface area contributed by atoms with Crippen LogP contribution in [-0.4, -0.2) is 72.7 Å². The van der Waals surface area contributed by atoms with Gasteiger partial charge in [-0.25, -0.2) is 24.3 Å². The van der Waals surface area contributed by atoms with Crippen LogP contribution in [0.4, 0.5) is 16.2 Å². The third kappa shape index (κ3) is 5.51. The smallest absolute Gasteiger partial charge is 0.229 e. The summed E-state index contributed by atoms with van der Waals surface area (Å²) in [5, 5.41) is 8.50. The second kappa shape index (κ2) is 10.3. The zero-order valence-corrected chi connectivity index (χ0v) is 23.0. The van der Waals surface area contributed by atoms with Crippen LogP contribution in [0.1, 0.15) is 44.9 Å². The number of nitrogens with one attached hydrogen (secondary N) is 1. The number of pyridine rings is 2. The predicted molar refractivity (Wildman–Crippen MR) is 148 cm³/mol. The molecule has 1 fully saturated rings. The van der Waals surface area contributed by atoms with E-state index in [-0.39, 0.29) is 17.1 Å². The zero-order chi connectivity index (χ0) is 27.0. The number of hydrogen-bond acceptors (Lipinski definition) is 8. The van der Waals surface area contributed by atoms with Crippen molar-refractivity contribution < 1.29 is 4.39 Å². The molecule has 1 aliphatic rings. The summed E-state index contributed by atoms with van der Waals surface area (Å²) >= 11 is 0. The van der Waals surface area contributed by atoms with Crippen molar-refractivity contribution in [3.05, 3.63) is 53.9 Å². The van der Waals surface area contributed by atoms with E-state index in [9.17, 15) is 4.39 Å². The summed E-state index contributed by atoms with van der Waals surface area (Å²) in [5.74, 6) is 0.350. The third-order valence-corrected chi connectivity index (χ3v) is 7.13. The topological polar surface area (TPSA) is 87.9 Å². The number of fused-ring (bicyclic) bond motifs is 1. The largest absolute Gasteiger partial charge is 0.309 e. The van der Waals surface area contributed by atoms with Crippen LogP contribution in [-0.2, 0) is 19.0 Å². The minimum absolute atomic E-state index is 0.153. The molecule has 200 valence electrons. The van der Waals surface area contributed by atoms with Crippen molar-refractivity contribution in [1.29, 1.82) is 0 Å². The summed E-state index contributed by atoms with van der Waals surface area (Å²) in [5.41, 5.74) is 3.37. The Balaban J connectivity index is 1.32. The molecule has 0 amide bonds. The second-order valence-electron chi connectivity index (χ2n) is 11.4. The molecule has 0 unspecified atom stereocenters. The summed E-state index contributed by atoms with van der Waals surface area (Å²) < 4.78 is 16.7. The Morgan fingerprint density at radius 3 is 2.61 bits per heavy atom. The van der Waals surface area contributed by atoms with Gasteiger partial charge in [-0.05, 0) is 51.2 Å². The molecule has 1 saturated heterocycles. The number of aromatic nitrogens is 6. The lowest BCUT2D eigenvalue weighted by Crippen LogP contribution is -2.36. The summed E-state index contributed by atoms with van der Waals surface area (Å²) in [6, 6.07) is 6.46. The van der Waals surface area contributed by atoms with Crippen LogP contribution < -0.4 is 5.32 Å². The average Bonchev–Trinajstić information content (AvgIpc) is 3.42. The summed E-state index contributed by atoms with van der Waals surface area (Å²) in [6.45, 7) is 9.41. The molecule has 9 nitrogen and oxygen atoms in total. The molecular formula is C28H36FN9. The van der Waals surface area contributed by atoms with Crippen LogP contribution >= 0.6 is 0 Å². The minimum atomic E-state index is -0.517. The van der Waals surface area contributed by atoms with Crippen LogP contribution in [0.15, 0.2) is 36.8 Å². The molecule has 0 saturated carbocycles. The van der Waals surface area contributed by atoms with Gasteiger partial charge in [-0.2, -0.15) is 5.10 Å².